The van der Waals surface area contributed by atoms with Gasteiger partial charge in [-0.25, -0.2) is 15.0 Å². The number of halogens is 5. The van der Waals surface area contributed by atoms with E-state index < -0.39 is 12.0 Å². The SMILES string of the molecule is FC(F)(F)c1nc(N2CCN(c3ncc(Cl)cc3Cl)CC2)c2ccccc2n1. The summed E-state index contributed by atoms with van der Waals surface area (Å²) in [5.41, 5.74) is 0.268. The first-order valence-corrected chi connectivity index (χ1v) is 9.23. The van der Waals surface area contributed by atoms with Gasteiger partial charge in [0.05, 0.1) is 15.6 Å². The van der Waals surface area contributed by atoms with E-state index >= 15 is 0 Å². The van der Waals surface area contributed by atoms with Gasteiger partial charge >= 0.3 is 6.18 Å². The Bertz CT molecular complexity index is 1020. The molecule has 1 aromatic carbocycles. The smallest absolute Gasteiger partial charge is 0.352 e. The number of rotatable bonds is 2. The highest BCUT2D eigenvalue weighted by atomic mass is 35.5. The Labute approximate surface area is 168 Å². The number of pyridine rings is 1. The van der Waals surface area contributed by atoms with Crippen molar-refractivity contribution in [3.05, 3.63) is 52.4 Å². The monoisotopic (exact) mass is 427 g/mol. The van der Waals surface area contributed by atoms with Gasteiger partial charge in [0.2, 0.25) is 5.82 Å². The van der Waals surface area contributed by atoms with Crippen molar-refractivity contribution in [1.82, 2.24) is 15.0 Å². The maximum Gasteiger partial charge on any atom is 0.451 e. The van der Waals surface area contributed by atoms with Crippen molar-refractivity contribution in [1.29, 1.82) is 0 Å². The molecule has 0 saturated carbocycles. The summed E-state index contributed by atoms with van der Waals surface area (Å²) in [6.45, 7) is 2.01. The van der Waals surface area contributed by atoms with Crippen molar-refractivity contribution in [2.75, 3.05) is 36.0 Å². The molecule has 0 bridgehead atoms. The molecule has 0 radical (unpaired) electrons. The first-order chi connectivity index (χ1) is 13.3. The molecule has 10 heteroatoms. The number of anilines is 2. The molecule has 5 nitrogen and oxygen atoms in total. The summed E-state index contributed by atoms with van der Waals surface area (Å²) >= 11 is 12.1. The predicted molar refractivity (Wildman–Crippen MR) is 103 cm³/mol. The molecule has 3 heterocycles. The Kier molecular flexibility index (Phi) is 4.93. The third-order valence-corrected chi connectivity index (χ3v) is 4.99. The summed E-state index contributed by atoms with van der Waals surface area (Å²) in [7, 11) is 0. The van der Waals surface area contributed by atoms with E-state index in [1.54, 1.807) is 30.3 Å². The molecule has 0 spiro atoms. The molecule has 3 aromatic rings. The summed E-state index contributed by atoms with van der Waals surface area (Å²) < 4.78 is 39.7. The van der Waals surface area contributed by atoms with Crippen molar-refractivity contribution in [2.45, 2.75) is 6.18 Å². The number of para-hydroxylation sites is 1. The Morgan fingerprint density at radius 1 is 0.893 bits per heavy atom. The zero-order valence-corrected chi connectivity index (χ0v) is 15.9. The number of aromatic nitrogens is 3. The van der Waals surface area contributed by atoms with Crippen molar-refractivity contribution in [2.24, 2.45) is 0 Å². The van der Waals surface area contributed by atoms with Crippen LogP contribution in [0, 0.1) is 0 Å². The van der Waals surface area contributed by atoms with Crippen molar-refractivity contribution in [3.63, 3.8) is 0 Å². The van der Waals surface area contributed by atoms with Crippen molar-refractivity contribution >= 4 is 45.7 Å². The summed E-state index contributed by atoms with van der Waals surface area (Å²) in [6, 6.07) is 8.32. The second-order valence-electron chi connectivity index (χ2n) is 6.32. The van der Waals surface area contributed by atoms with Crippen LogP contribution in [0.25, 0.3) is 10.9 Å². The normalized spacial score (nSPS) is 15.3. The van der Waals surface area contributed by atoms with Crippen LogP contribution in [0.15, 0.2) is 36.5 Å². The van der Waals surface area contributed by atoms with E-state index in [0.29, 0.717) is 47.4 Å². The Balaban J connectivity index is 1.63. The average molecular weight is 428 g/mol. The predicted octanol–water partition coefficient (Wildman–Crippen LogP) is 4.68. The van der Waals surface area contributed by atoms with Gasteiger partial charge in [0.15, 0.2) is 0 Å². The first-order valence-electron chi connectivity index (χ1n) is 8.48. The number of nitrogens with zero attached hydrogens (tertiary/aromatic N) is 5. The zero-order chi connectivity index (χ0) is 19.9. The molecule has 1 fully saturated rings. The Morgan fingerprint density at radius 2 is 1.54 bits per heavy atom. The van der Waals surface area contributed by atoms with Gasteiger partial charge in [-0.3, -0.25) is 0 Å². The van der Waals surface area contributed by atoms with Gasteiger partial charge in [-0.1, -0.05) is 35.3 Å². The summed E-state index contributed by atoms with van der Waals surface area (Å²) in [4.78, 5) is 15.6. The average Bonchev–Trinajstić information content (AvgIpc) is 2.67. The second kappa shape index (κ2) is 7.25. The van der Waals surface area contributed by atoms with Crippen LogP contribution in [0.4, 0.5) is 24.8 Å². The molecule has 0 atom stereocenters. The van der Waals surface area contributed by atoms with Crippen LogP contribution in [0.5, 0.6) is 0 Å². The molecule has 1 aliphatic heterocycles. The minimum atomic E-state index is -4.61. The minimum Gasteiger partial charge on any atom is -0.352 e. The fraction of sp³-hybridized carbons (Fsp3) is 0.278. The largest absolute Gasteiger partial charge is 0.451 e. The molecule has 28 heavy (non-hydrogen) atoms. The third-order valence-electron chi connectivity index (χ3n) is 4.50. The molecule has 1 saturated heterocycles. The van der Waals surface area contributed by atoms with Crippen LogP contribution in [0.3, 0.4) is 0 Å². The molecular formula is C18H14Cl2F3N5. The van der Waals surface area contributed by atoms with Crippen LogP contribution in [-0.4, -0.2) is 41.1 Å². The fourth-order valence-corrected chi connectivity index (χ4v) is 3.70. The molecule has 146 valence electrons. The topological polar surface area (TPSA) is 45.2 Å². The van der Waals surface area contributed by atoms with Crippen molar-refractivity contribution < 1.29 is 13.2 Å². The van der Waals surface area contributed by atoms with E-state index in [1.807, 2.05) is 9.80 Å². The van der Waals surface area contributed by atoms with Gasteiger partial charge in [0.25, 0.3) is 0 Å². The molecule has 1 aliphatic rings. The number of benzene rings is 1. The second-order valence-corrected chi connectivity index (χ2v) is 7.16. The fourth-order valence-electron chi connectivity index (χ4n) is 3.20. The van der Waals surface area contributed by atoms with Crippen LogP contribution >= 0.6 is 23.2 Å². The first kappa shape index (κ1) is 19.0. The standard InChI is InChI=1S/C18H14Cl2F3N5/c19-11-9-13(20)16(24-10-11)28-7-5-27(6-8-28)15-12-3-1-2-4-14(12)25-17(26-15)18(21,22)23/h1-4,9-10H,5-8H2. The lowest BCUT2D eigenvalue weighted by atomic mass is 10.2. The summed E-state index contributed by atoms with van der Waals surface area (Å²) in [5.74, 6) is -0.243. The summed E-state index contributed by atoms with van der Waals surface area (Å²) in [6.07, 6.45) is -3.09. The van der Waals surface area contributed by atoms with Gasteiger partial charge in [0, 0.05) is 37.8 Å². The van der Waals surface area contributed by atoms with Crippen LogP contribution in [0.1, 0.15) is 5.82 Å². The maximum absolute atomic E-state index is 13.2. The van der Waals surface area contributed by atoms with Crippen LogP contribution in [-0.2, 0) is 6.18 Å². The number of alkyl halides is 3. The molecule has 0 unspecified atom stereocenters. The van der Waals surface area contributed by atoms with Gasteiger partial charge in [-0.15, -0.1) is 0 Å². The molecule has 2 aromatic heterocycles. The maximum atomic E-state index is 13.2. The van der Waals surface area contributed by atoms with Crippen LogP contribution < -0.4 is 9.80 Å². The molecule has 0 aliphatic carbocycles. The molecule has 0 N–H and O–H groups in total. The number of fused-ring (bicyclic) bond motifs is 1. The van der Waals surface area contributed by atoms with Gasteiger partial charge in [0.1, 0.15) is 11.6 Å². The number of hydrogen-bond acceptors (Lipinski definition) is 5. The molecule has 0 amide bonds. The quantitative estimate of drug-likeness (QED) is 0.594. The van der Waals surface area contributed by atoms with E-state index in [2.05, 4.69) is 15.0 Å². The number of piperazine rings is 1. The highest BCUT2D eigenvalue weighted by Crippen LogP contribution is 2.33. The minimum absolute atomic E-state index is 0.268. The third kappa shape index (κ3) is 3.66. The lowest BCUT2D eigenvalue weighted by molar-refractivity contribution is -0.144. The van der Waals surface area contributed by atoms with E-state index in [-0.39, 0.29) is 11.3 Å². The van der Waals surface area contributed by atoms with Gasteiger partial charge in [-0.2, -0.15) is 13.2 Å². The highest BCUT2D eigenvalue weighted by molar-refractivity contribution is 6.36. The lowest BCUT2D eigenvalue weighted by Gasteiger charge is -2.36. The lowest BCUT2D eigenvalue weighted by Crippen LogP contribution is -2.47. The molecular weight excluding hydrogens is 414 g/mol. The Hall–Kier alpha value is -2.32. The molecule has 4 rings (SSSR count). The Morgan fingerprint density at radius 3 is 2.18 bits per heavy atom. The van der Waals surface area contributed by atoms with Crippen LogP contribution in [0.2, 0.25) is 10.0 Å². The van der Waals surface area contributed by atoms with Gasteiger partial charge in [-0.05, 0) is 18.2 Å². The summed E-state index contributed by atoms with van der Waals surface area (Å²) in [5, 5.41) is 1.47. The van der Waals surface area contributed by atoms with E-state index in [1.165, 1.54) is 6.20 Å². The van der Waals surface area contributed by atoms with E-state index in [4.69, 9.17) is 23.2 Å². The van der Waals surface area contributed by atoms with E-state index in [0.717, 1.165) is 0 Å². The van der Waals surface area contributed by atoms with Crippen molar-refractivity contribution in [3.8, 4) is 0 Å². The van der Waals surface area contributed by atoms with Gasteiger partial charge < -0.3 is 9.80 Å². The highest BCUT2D eigenvalue weighted by Gasteiger charge is 2.36. The zero-order valence-electron chi connectivity index (χ0n) is 14.4. The number of hydrogen-bond donors (Lipinski definition) is 0. The van der Waals surface area contributed by atoms with E-state index in [9.17, 15) is 13.2 Å².